The summed E-state index contributed by atoms with van der Waals surface area (Å²) in [6.07, 6.45) is 6.89. The highest BCUT2D eigenvalue weighted by molar-refractivity contribution is 5.46. The number of fused-ring (bicyclic) bond motifs is 1. The number of ether oxygens (including phenoxy) is 2. The molecule has 2 aromatic carbocycles. The second-order valence-corrected chi connectivity index (χ2v) is 8.76. The molecule has 2 fully saturated rings. The molecule has 4 unspecified atom stereocenters. The van der Waals surface area contributed by atoms with Crippen molar-refractivity contribution < 1.29 is 18.3 Å². The van der Waals surface area contributed by atoms with Crippen molar-refractivity contribution in [3.05, 3.63) is 64.7 Å². The third kappa shape index (κ3) is 5.10. The van der Waals surface area contributed by atoms with Crippen LogP contribution in [0.3, 0.4) is 0 Å². The van der Waals surface area contributed by atoms with Crippen LogP contribution >= 0.6 is 0 Å². The van der Waals surface area contributed by atoms with Crippen LogP contribution in [0.5, 0.6) is 5.75 Å². The lowest BCUT2D eigenvalue weighted by Crippen LogP contribution is -2.33. The van der Waals surface area contributed by atoms with Gasteiger partial charge in [-0.05, 0) is 105 Å². The van der Waals surface area contributed by atoms with Crippen molar-refractivity contribution in [3.63, 3.8) is 0 Å². The molecule has 2 nitrogen and oxygen atoms in total. The second-order valence-electron chi connectivity index (χ2n) is 8.76. The largest absolute Gasteiger partial charge is 0.497 e. The maximum absolute atomic E-state index is 14.8. The Kier molecular flexibility index (Phi) is 6.92. The van der Waals surface area contributed by atoms with Gasteiger partial charge >= 0.3 is 0 Å². The summed E-state index contributed by atoms with van der Waals surface area (Å²) < 4.78 is 40.5. The van der Waals surface area contributed by atoms with E-state index in [2.05, 4.69) is 18.8 Å². The number of hydrogen-bond donors (Lipinski definition) is 0. The van der Waals surface area contributed by atoms with Crippen molar-refractivity contribution in [2.75, 3.05) is 13.7 Å². The van der Waals surface area contributed by atoms with Gasteiger partial charge in [0, 0.05) is 12.2 Å². The predicted octanol–water partition coefficient (Wildman–Crippen LogP) is 6.46. The molecule has 4 heteroatoms. The van der Waals surface area contributed by atoms with Crippen LogP contribution in [0.25, 0.3) is 0 Å². The first kappa shape index (κ1) is 21.8. The molecule has 0 bridgehead atoms. The number of halogens is 2. The molecule has 0 radical (unpaired) electrons. The first-order valence-electron chi connectivity index (χ1n) is 11.3. The quantitative estimate of drug-likeness (QED) is 0.524. The minimum atomic E-state index is -0.571. The van der Waals surface area contributed by atoms with Crippen molar-refractivity contribution in [1.29, 1.82) is 0 Å². The first-order chi connectivity index (χ1) is 15.1. The van der Waals surface area contributed by atoms with Gasteiger partial charge in [-0.2, -0.15) is 0 Å². The Bertz CT molecular complexity index is 934. The van der Waals surface area contributed by atoms with E-state index in [0.717, 1.165) is 50.7 Å². The van der Waals surface area contributed by atoms with E-state index in [1.165, 1.54) is 12.1 Å². The van der Waals surface area contributed by atoms with Gasteiger partial charge in [0.15, 0.2) is 0 Å². The van der Waals surface area contributed by atoms with Crippen LogP contribution in [-0.4, -0.2) is 19.8 Å². The Labute approximate surface area is 184 Å². The van der Waals surface area contributed by atoms with Crippen molar-refractivity contribution >= 4 is 0 Å². The minimum Gasteiger partial charge on any atom is -0.497 e. The summed E-state index contributed by atoms with van der Waals surface area (Å²) in [7, 11) is 1.59. The predicted molar refractivity (Wildman–Crippen MR) is 118 cm³/mol. The van der Waals surface area contributed by atoms with Gasteiger partial charge in [-0.25, -0.2) is 8.78 Å². The fourth-order valence-corrected chi connectivity index (χ4v) is 5.29. The number of rotatable bonds is 4. The van der Waals surface area contributed by atoms with E-state index in [4.69, 9.17) is 9.47 Å². The lowest BCUT2D eigenvalue weighted by Gasteiger charge is -2.42. The van der Waals surface area contributed by atoms with E-state index in [0.29, 0.717) is 29.3 Å². The average molecular weight is 425 g/mol. The Balaban J connectivity index is 1.46. The lowest BCUT2D eigenvalue weighted by molar-refractivity contribution is -0.00957. The molecule has 0 amide bonds. The van der Waals surface area contributed by atoms with E-state index < -0.39 is 11.6 Å². The van der Waals surface area contributed by atoms with E-state index in [-0.39, 0.29) is 11.5 Å². The van der Waals surface area contributed by atoms with Gasteiger partial charge in [-0.3, -0.25) is 0 Å². The third-order valence-corrected chi connectivity index (χ3v) is 6.92. The molecule has 2 aliphatic carbocycles. The van der Waals surface area contributed by atoms with Gasteiger partial charge in [0.05, 0.1) is 18.8 Å². The van der Waals surface area contributed by atoms with Crippen LogP contribution in [-0.2, 0) is 4.74 Å². The second kappa shape index (κ2) is 9.83. The lowest BCUT2D eigenvalue weighted by atomic mass is 9.65. The summed E-state index contributed by atoms with van der Waals surface area (Å²) in [5.41, 5.74) is 1.30. The number of hydrogen-bond acceptors (Lipinski definition) is 2. The molecular formula is C27H30F2O2. The summed E-state index contributed by atoms with van der Waals surface area (Å²) in [5, 5.41) is 0. The van der Waals surface area contributed by atoms with Crippen molar-refractivity contribution in [2.24, 2.45) is 11.8 Å². The zero-order valence-corrected chi connectivity index (χ0v) is 18.3. The highest BCUT2D eigenvalue weighted by atomic mass is 19.1. The molecule has 4 atom stereocenters. The Hall–Kier alpha value is -2.38. The summed E-state index contributed by atoms with van der Waals surface area (Å²) in [5.74, 6) is 6.63. The van der Waals surface area contributed by atoms with Crippen LogP contribution < -0.4 is 4.74 Å². The minimum absolute atomic E-state index is 0.162. The van der Waals surface area contributed by atoms with Gasteiger partial charge in [0.1, 0.15) is 17.4 Å². The van der Waals surface area contributed by atoms with Gasteiger partial charge in [0.25, 0.3) is 0 Å². The summed E-state index contributed by atoms with van der Waals surface area (Å²) in [6, 6.07) is 10.1. The summed E-state index contributed by atoms with van der Waals surface area (Å²) >= 11 is 0. The Morgan fingerprint density at radius 2 is 1.58 bits per heavy atom. The summed E-state index contributed by atoms with van der Waals surface area (Å²) in [4.78, 5) is 0. The van der Waals surface area contributed by atoms with Crippen molar-refractivity contribution in [3.8, 4) is 17.6 Å². The Morgan fingerprint density at radius 3 is 2.26 bits per heavy atom. The molecule has 0 N–H and O–H groups in total. The van der Waals surface area contributed by atoms with Crippen LogP contribution in [0.15, 0.2) is 36.4 Å². The Morgan fingerprint density at radius 1 is 0.903 bits per heavy atom. The molecular weight excluding hydrogens is 394 g/mol. The molecule has 0 saturated heterocycles. The van der Waals surface area contributed by atoms with Crippen LogP contribution in [0.2, 0.25) is 0 Å². The molecule has 0 aromatic heterocycles. The maximum Gasteiger partial charge on any atom is 0.142 e. The van der Waals surface area contributed by atoms with E-state index in [9.17, 15) is 8.78 Å². The third-order valence-electron chi connectivity index (χ3n) is 6.92. The van der Waals surface area contributed by atoms with Gasteiger partial charge < -0.3 is 9.47 Å². The maximum atomic E-state index is 14.8. The topological polar surface area (TPSA) is 18.5 Å². The molecule has 164 valence electrons. The van der Waals surface area contributed by atoms with Crippen LogP contribution in [0.1, 0.15) is 68.1 Å². The SMILES string of the molecule is CCOC1CCC2CC(c3cc(F)c(C#Cc4ccc(OC)cc4)c(F)c3)CCC2C1. The number of methoxy groups -OCH3 is 1. The van der Waals surface area contributed by atoms with E-state index in [1.807, 2.05) is 0 Å². The fraction of sp³-hybridized carbons (Fsp3) is 0.481. The monoisotopic (exact) mass is 424 g/mol. The molecule has 0 spiro atoms. The standard InChI is InChI=1S/C27H30F2O2/c1-3-31-24-12-9-19-14-20(7-8-21(19)15-24)22-16-26(28)25(27(29)17-22)13-6-18-4-10-23(30-2)11-5-18/h4-5,10-11,16-17,19-21,24H,3,7-9,12,14-15H2,1-2H3. The van der Waals surface area contributed by atoms with Gasteiger partial charge in [0.2, 0.25) is 0 Å². The molecule has 31 heavy (non-hydrogen) atoms. The molecule has 2 saturated carbocycles. The van der Waals surface area contributed by atoms with Crippen molar-refractivity contribution in [1.82, 2.24) is 0 Å². The highest BCUT2D eigenvalue weighted by Crippen LogP contribution is 2.46. The summed E-state index contributed by atoms with van der Waals surface area (Å²) in [6.45, 7) is 2.83. The zero-order chi connectivity index (χ0) is 21.8. The number of benzene rings is 2. The average Bonchev–Trinajstić information content (AvgIpc) is 2.78. The first-order valence-corrected chi connectivity index (χ1v) is 11.3. The molecule has 0 aliphatic heterocycles. The van der Waals surface area contributed by atoms with Gasteiger partial charge in [-0.1, -0.05) is 11.8 Å². The van der Waals surface area contributed by atoms with Crippen molar-refractivity contribution in [2.45, 2.75) is 57.5 Å². The fourth-order valence-electron chi connectivity index (χ4n) is 5.29. The highest BCUT2D eigenvalue weighted by Gasteiger charge is 2.36. The van der Waals surface area contributed by atoms with Gasteiger partial charge in [-0.15, -0.1) is 0 Å². The van der Waals surface area contributed by atoms with Crippen LogP contribution in [0, 0.1) is 35.3 Å². The molecule has 2 aromatic rings. The van der Waals surface area contributed by atoms with Crippen LogP contribution in [0.4, 0.5) is 8.78 Å². The normalized spacial score (nSPS) is 25.3. The van der Waals surface area contributed by atoms with E-state index >= 15 is 0 Å². The van der Waals surface area contributed by atoms with E-state index in [1.54, 1.807) is 31.4 Å². The zero-order valence-electron chi connectivity index (χ0n) is 18.3. The smallest absolute Gasteiger partial charge is 0.142 e. The molecule has 0 heterocycles. The molecule has 4 rings (SSSR count). The molecule has 2 aliphatic rings.